The van der Waals surface area contributed by atoms with Crippen molar-refractivity contribution in [2.75, 3.05) is 13.3 Å². The van der Waals surface area contributed by atoms with Crippen LogP contribution in [0, 0.1) is 12.3 Å². The van der Waals surface area contributed by atoms with Crippen LogP contribution in [0.3, 0.4) is 0 Å². The van der Waals surface area contributed by atoms with Crippen molar-refractivity contribution < 1.29 is 18.4 Å². The third-order valence-electron chi connectivity index (χ3n) is 4.22. The lowest BCUT2D eigenvalue weighted by Gasteiger charge is -2.15. The first kappa shape index (κ1) is 19.5. The van der Waals surface area contributed by atoms with Gasteiger partial charge in [-0.2, -0.15) is 0 Å². The quantitative estimate of drug-likeness (QED) is 0.317. The number of hydrogen-bond acceptors (Lipinski definition) is 5. The van der Waals surface area contributed by atoms with Gasteiger partial charge in [0.05, 0.1) is 22.3 Å². The highest BCUT2D eigenvalue weighted by molar-refractivity contribution is 7.90. The molecule has 1 atom stereocenters. The molecule has 3 rings (SSSR count). The average Bonchev–Trinajstić information content (AvgIpc) is 3.13. The van der Waals surface area contributed by atoms with Gasteiger partial charge in [0.1, 0.15) is 7.05 Å². The molecule has 0 aliphatic carbocycles. The highest BCUT2D eigenvalue weighted by Gasteiger charge is 2.36. The van der Waals surface area contributed by atoms with Gasteiger partial charge >= 0.3 is 5.91 Å². The Morgan fingerprint density at radius 1 is 1.14 bits per heavy atom. The Bertz CT molecular complexity index is 1190. The summed E-state index contributed by atoms with van der Waals surface area (Å²) in [4.78, 5) is 12.1. The number of carbonyl (C=O) groups excluding carboxylic acids is 1. The molecule has 2 aromatic carbocycles. The third-order valence-corrected chi connectivity index (χ3v) is 5.37. The molecule has 142 valence electrons. The molecule has 7 nitrogen and oxygen atoms in total. The van der Waals surface area contributed by atoms with Crippen LogP contribution in [0.25, 0.3) is 16.9 Å². The van der Waals surface area contributed by atoms with E-state index in [0.717, 1.165) is 11.8 Å². The zero-order chi connectivity index (χ0) is 20.5. The van der Waals surface area contributed by atoms with Gasteiger partial charge in [-0.05, 0) is 12.1 Å². The highest BCUT2D eigenvalue weighted by Crippen LogP contribution is 2.31. The number of quaternary nitrogens is 1. The Balaban J connectivity index is 2.34. The van der Waals surface area contributed by atoms with Crippen molar-refractivity contribution in [1.82, 2.24) is 14.4 Å². The van der Waals surface area contributed by atoms with Gasteiger partial charge < -0.3 is 0 Å². The molecule has 1 unspecified atom stereocenters. The second-order valence-corrected chi connectivity index (χ2v) is 8.30. The molecule has 0 saturated carbocycles. The van der Waals surface area contributed by atoms with Crippen LogP contribution in [0.1, 0.15) is 0 Å². The highest BCUT2D eigenvalue weighted by atomic mass is 32.2. The van der Waals surface area contributed by atoms with Gasteiger partial charge in [0.25, 0.3) is 5.82 Å². The topological polar surface area (TPSA) is 89.3 Å². The van der Waals surface area contributed by atoms with E-state index in [9.17, 15) is 18.4 Å². The lowest BCUT2D eigenvalue weighted by Crippen LogP contribution is -2.47. The second-order valence-electron chi connectivity index (χ2n) is 6.31. The van der Waals surface area contributed by atoms with Crippen molar-refractivity contribution in [2.45, 2.75) is 4.90 Å². The van der Waals surface area contributed by atoms with Crippen LogP contribution in [-0.2, 0) is 14.6 Å². The van der Waals surface area contributed by atoms with Crippen LogP contribution in [0.5, 0.6) is 0 Å². The molecule has 8 heteroatoms. The summed E-state index contributed by atoms with van der Waals surface area (Å²) in [6.45, 7) is 0. The first-order valence-electron chi connectivity index (χ1n) is 8.22. The van der Waals surface area contributed by atoms with Crippen LogP contribution in [0.15, 0.2) is 65.6 Å². The molecule has 1 N–H and O–H groups in total. The molecule has 0 saturated heterocycles. The van der Waals surface area contributed by atoms with E-state index in [1.165, 1.54) is 23.9 Å². The minimum atomic E-state index is -3.56. The maximum Gasteiger partial charge on any atom is 0.429 e. The van der Waals surface area contributed by atoms with Gasteiger partial charge in [0.2, 0.25) is 0 Å². The summed E-state index contributed by atoms with van der Waals surface area (Å²) in [5.41, 5.74) is 1.51. The number of terminal acetylenes is 1. The van der Waals surface area contributed by atoms with Crippen LogP contribution < -0.4 is 4.65 Å². The lowest BCUT2D eigenvalue weighted by atomic mass is 10.1. The van der Waals surface area contributed by atoms with Gasteiger partial charge in [0, 0.05) is 17.7 Å². The van der Waals surface area contributed by atoms with Gasteiger partial charge in [-0.15, -0.1) is 11.5 Å². The number of amides is 1. The summed E-state index contributed by atoms with van der Waals surface area (Å²) < 4.78 is 24.6. The van der Waals surface area contributed by atoms with E-state index < -0.39 is 20.4 Å². The summed E-state index contributed by atoms with van der Waals surface area (Å²) in [6.07, 6.45) is 6.26. The van der Waals surface area contributed by atoms with E-state index in [2.05, 4.69) is 5.10 Å². The Labute approximate surface area is 162 Å². The Hall–Kier alpha value is -3.25. The average molecular weight is 396 g/mol. The molecule has 0 radical (unpaired) electrons. The fourth-order valence-corrected chi connectivity index (χ4v) is 3.62. The van der Waals surface area contributed by atoms with Crippen molar-refractivity contribution in [1.29, 1.82) is 0 Å². The lowest BCUT2D eigenvalue weighted by molar-refractivity contribution is -0.149. The van der Waals surface area contributed by atoms with Crippen LogP contribution in [0.4, 0.5) is 5.82 Å². The van der Waals surface area contributed by atoms with E-state index in [1.54, 1.807) is 18.2 Å². The predicted molar refractivity (Wildman–Crippen MR) is 105 cm³/mol. The van der Waals surface area contributed by atoms with Crippen LogP contribution in [0.2, 0.25) is 0 Å². The number of sulfone groups is 1. The number of para-hydroxylation sites is 1. The van der Waals surface area contributed by atoms with Gasteiger partial charge in [-0.3, -0.25) is 0 Å². The van der Waals surface area contributed by atoms with Gasteiger partial charge in [-0.1, -0.05) is 47.1 Å². The first-order valence-corrected chi connectivity index (χ1v) is 10.1. The van der Waals surface area contributed by atoms with Crippen molar-refractivity contribution in [3.05, 3.63) is 60.7 Å². The molecule has 3 aromatic rings. The zero-order valence-electron chi connectivity index (χ0n) is 15.3. The van der Waals surface area contributed by atoms with E-state index in [4.69, 9.17) is 6.42 Å². The Morgan fingerprint density at radius 2 is 1.75 bits per heavy atom. The number of hydroxylamine groups is 2. The fourth-order valence-electron chi connectivity index (χ4n) is 2.75. The fraction of sp³-hybridized carbons (Fsp3) is 0.100. The van der Waals surface area contributed by atoms with E-state index in [0.29, 0.717) is 11.4 Å². The smallest absolute Gasteiger partial charge is 0.226 e. The first-order chi connectivity index (χ1) is 13.2. The normalized spacial score (nSPS) is 13.5. The molecule has 1 heterocycles. The summed E-state index contributed by atoms with van der Waals surface area (Å²) in [6, 6.07) is 17.0. The number of carbonyl (C=O) groups is 1. The van der Waals surface area contributed by atoms with Crippen molar-refractivity contribution in [3.8, 4) is 29.3 Å². The number of benzene rings is 2. The zero-order valence-corrected chi connectivity index (χ0v) is 16.1. The maximum absolute atomic E-state index is 12.3. The Kier molecular flexibility index (Phi) is 4.91. The summed E-state index contributed by atoms with van der Waals surface area (Å²) >= 11 is 0. The summed E-state index contributed by atoms with van der Waals surface area (Å²) in [5, 5.41) is 14.9. The molecule has 0 aliphatic heterocycles. The monoisotopic (exact) mass is 396 g/mol. The number of aromatic nitrogens is 2. The van der Waals surface area contributed by atoms with Crippen LogP contribution in [-0.4, -0.2) is 42.6 Å². The molecular formula is C20H18N3O4S+. The van der Waals surface area contributed by atoms with Gasteiger partial charge in [0.15, 0.2) is 9.84 Å². The molecule has 1 amide bonds. The van der Waals surface area contributed by atoms with Crippen molar-refractivity contribution in [2.24, 2.45) is 0 Å². The molecule has 0 fully saturated rings. The van der Waals surface area contributed by atoms with Crippen molar-refractivity contribution in [3.63, 3.8) is 0 Å². The number of hydrogen-bond donors (Lipinski definition) is 1. The second kappa shape index (κ2) is 7.05. The molecular weight excluding hydrogens is 378 g/mol. The number of nitrogens with zero attached hydrogens (tertiary/aromatic N) is 3. The standard InChI is InChI=1S/C20H18N3O4S/c1-4-20(24)23(2,25)19-14-17(15-10-6-5-7-11-15)22(21-19)16-12-8-9-13-18(16)28(3,26)27/h1,5-14,25H,2-3H3/q+1. The molecule has 1 aromatic heterocycles. The molecule has 0 bridgehead atoms. The predicted octanol–water partition coefficient (Wildman–Crippen LogP) is 2.43. The third kappa shape index (κ3) is 3.46. The summed E-state index contributed by atoms with van der Waals surface area (Å²) in [5.74, 6) is 0.947. The van der Waals surface area contributed by atoms with E-state index in [-0.39, 0.29) is 10.7 Å². The maximum atomic E-state index is 12.3. The molecule has 0 spiro atoms. The van der Waals surface area contributed by atoms with Gasteiger partial charge in [-0.25, -0.2) is 23.1 Å². The van der Waals surface area contributed by atoms with E-state index in [1.807, 2.05) is 36.3 Å². The van der Waals surface area contributed by atoms with Crippen molar-refractivity contribution >= 4 is 21.6 Å². The number of rotatable bonds is 4. The minimum absolute atomic E-state index is 0.0369. The Morgan fingerprint density at radius 3 is 2.36 bits per heavy atom. The largest absolute Gasteiger partial charge is 0.429 e. The SMILES string of the molecule is C#CC(=O)[N+](C)(O)c1cc(-c2ccccc2)n(-c2ccccc2S(C)(=O)=O)n1. The molecule has 0 aliphatic rings. The minimum Gasteiger partial charge on any atom is -0.226 e. The van der Waals surface area contributed by atoms with E-state index >= 15 is 0 Å². The molecule has 28 heavy (non-hydrogen) atoms. The summed E-state index contributed by atoms with van der Waals surface area (Å²) in [7, 11) is -2.35. The van der Waals surface area contributed by atoms with Crippen LogP contribution >= 0.6 is 0 Å².